The van der Waals surface area contributed by atoms with E-state index in [0.717, 1.165) is 0 Å². The van der Waals surface area contributed by atoms with Crippen molar-refractivity contribution in [2.45, 2.75) is 18.9 Å². The molecule has 0 bridgehead atoms. The number of carbonyl (C=O) groups is 2. The van der Waals surface area contributed by atoms with E-state index in [9.17, 15) is 9.59 Å². The van der Waals surface area contributed by atoms with Gasteiger partial charge in [-0.3, -0.25) is 4.79 Å². The molecule has 5 heteroatoms. The fraction of sp³-hybridized carbons (Fsp3) is 0.667. The van der Waals surface area contributed by atoms with E-state index in [4.69, 9.17) is 10.8 Å². The second kappa shape index (κ2) is 3.73. The van der Waals surface area contributed by atoms with Gasteiger partial charge in [-0.1, -0.05) is 6.92 Å². The molecule has 0 aromatic rings. The summed E-state index contributed by atoms with van der Waals surface area (Å²) in [6.45, 7) is 1.57. The van der Waals surface area contributed by atoms with Crippen molar-refractivity contribution in [3.05, 3.63) is 0 Å². The lowest BCUT2D eigenvalue weighted by Crippen LogP contribution is -2.56. The number of Topliss-reactive ketones (excluding diaryl/α,β-unsaturated/α-hetero) is 1. The van der Waals surface area contributed by atoms with Crippen molar-refractivity contribution < 1.29 is 14.7 Å². The zero-order valence-corrected chi connectivity index (χ0v) is 7.10. The maximum atomic E-state index is 11.0. The molecule has 3 N–H and O–H groups in total. The minimum atomic E-state index is -1.81. The molecule has 0 aromatic carbocycles. The maximum absolute atomic E-state index is 11.0. The van der Waals surface area contributed by atoms with Crippen LogP contribution in [0.1, 0.15) is 13.3 Å². The third kappa shape index (κ3) is 1.94. The molecule has 0 spiro atoms. The molecular weight excluding hydrogens is 166 g/mol. The van der Waals surface area contributed by atoms with Gasteiger partial charge >= 0.3 is 5.97 Å². The minimum absolute atomic E-state index is 0.114. The number of rotatable bonds is 4. The van der Waals surface area contributed by atoms with Gasteiger partial charge in [-0.05, 0) is 0 Å². The van der Waals surface area contributed by atoms with E-state index in [1.54, 1.807) is 6.92 Å². The molecule has 4 nitrogen and oxygen atoms in total. The summed E-state index contributed by atoms with van der Waals surface area (Å²) in [6, 6.07) is 0. The van der Waals surface area contributed by atoms with Gasteiger partial charge in [0.05, 0.1) is 0 Å². The highest BCUT2D eigenvalue weighted by molar-refractivity contribution is 7.80. The van der Waals surface area contributed by atoms with Crippen LogP contribution >= 0.6 is 12.6 Å². The Bertz CT molecular complexity index is 183. The largest absolute Gasteiger partial charge is 0.480 e. The Morgan fingerprint density at radius 2 is 2.09 bits per heavy atom. The van der Waals surface area contributed by atoms with E-state index in [0.29, 0.717) is 0 Å². The first-order chi connectivity index (χ1) is 4.99. The van der Waals surface area contributed by atoms with E-state index >= 15 is 0 Å². The Morgan fingerprint density at radius 3 is 2.18 bits per heavy atom. The van der Waals surface area contributed by atoms with Gasteiger partial charge in [0.25, 0.3) is 0 Å². The highest BCUT2D eigenvalue weighted by Gasteiger charge is 2.39. The molecule has 64 valence electrons. The van der Waals surface area contributed by atoms with Gasteiger partial charge in [0.1, 0.15) is 0 Å². The summed E-state index contributed by atoms with van der Waals surface area (Å²) in [4.78, 5) is 21.4. The topological polar surface area (TPSA) is 80.4 Å². The van der Waals surface area contributed by atoms with Gasteiger partial charge < -0.3 is 10.8 Å². The molecule has 0 heterocycles. The standard InChI is InChI=1S/C6H11NO3S/c1-2-4(8)6(7,3-11)5(9)10/h11H,2-3,7H2,1H3,(H,9,10)/t6-/m1/s1. The van der Waals surface area contributed by atoms with Crippen LogP contribution in [0, 0.1) is 0 Å². The van der Waals surface area contributed by atoms with E-state index in [2.05, 4.69) is 12.6 Å². The summed E-state index contributed by atoms with van der Waals surface area (Å²) < 4.78 is 0. The number of hydrogen-bond acceptors (Lipinski definition) is 4. The average Bonchev–Trinajstić information content (AvgIpc) is 2.01. The first-order valence-corrected chi connectivity index (χ1v) is 3.78. The van der Waals surface area contributed by atoms with E-state index < -0.39 is 17.3 Å². The molecule has 0 aliphatic carbocycles. The smallest absolute Gasteiger partial charge is 0.332 e. The molecule has 0 aliphatic rings. The van der Waals surface area contributed by atoms with Crippen LogP contribution in [0.2, 0.25) is 0 Å². The van der Waals surface area contributed by atoms with Gasteiger partial charge in [-0.25, -0.2) is 4.79 Å². The third-order valence-electron chi connectivity index (χ3n) is 1.45. The highest BCUT2D eigenvalue weighted by Crippen LogP contribution is 2.07. The van der Waals surface area contributed by atoms with E-state index in [1.807, 2.05) is 0 Å². The Balaban J connectivity index is 4.59. The van der Waals surface area contributed by atoms with Crippen molar-refractivity contribution in [3.63, 3.8) is 0 Å². The van der Waals surface area contributed by atoms with Crippen molar-refractivity contribution >= 4 is 24.4 Å². The van der Waals surface area contributed by atoms with Crippen LogP contribution in [0.3, 0.4) is 0 Å². The van der Waals surface area contributed by atoms with Gasteiger partial charge in [-0.15, -0.1) is 0 Å². The molecule has 0 unspecified atom stereocenters. The van der Waals surface area contributed by atoms with Crippen LogP contribution in [-0.2, 0) is 9.59 Å². The zero-order chi connectivity index (χ0) is 9.07. The van der Waals surface area contributed by atoms with Crippen LogP contribution in [0.4, 0.5) is 0 Å². The molecule has 0 rings (SSSR count). The van der Waals surface area contributed by atoms with Crippen LogP contribution in [0.25, 0.3) is 0 Å². The van der Waals surface area contributed by atoms with Gasteiger partial charge in [-0.2, -0.15) is 12.6 Å². The van der Waals surface area contributed by atoms with Crippen LogP contribution in [0.15, 0.2) is 0 Å². The van der Waals surface area contributed by atoms with Gasteiger partial charge in [0, 0.05) is 12.2 Å². The fourth-order valence-corrected chi connectivity index (χ4v) is 0.902. The Morgan fingerprint density at radius 1 is 1.64 bits per heavy atom. The predicted octanol–water partition coefficient (Wildman–Crippen LogP) is -0.323. The van der Waals surface area contributed by atoms with Gasteiger partial charge in [0.15, 0.2) is 11.3 Å². The number of thiol groups is 1. The molecular formula is C6H11NO3S. The number of aliphatic carboxylic acids is 1. The average molecular weight is 177 g/mol. The number of carboxylic acid groups (broad SMARTS) is 1. The lowest BCUT2D eigenvalue weighted by Gasteiger charge is -2.19. The van der Waals surface area contributed by atoms with E-state index in [-0.39, 0.29) is 12.2 Å². The highest BCUT2D eigenvalue weighted by atomic mass is 32.1. The quantitative estimate of drug-likeness (QED) is 0.406. The first-order valence-electron chi connectivity index (χ1n) is 3.15. The summed E-state index contributed by atoms with van der Waals surface area (Å²) in [5, 5.41) is 8.54. The number of carbonyl (C=O) groups excluding carboxylic acids is 1. The summed E-state index contributed by atoms with van der Waals surface area (Å²) in [7, 11) is 0. The molecule has 0 amide bonds. The van der Waals surface area contributed by atoms with Crippen molar-refractivity contribution in [1.29, 1.82) is 0 Å². The van der Waals surface area contributed by atoms with Crippen molar-refractivity contribution in [2.24, 2.45) is 5.73 Å². The lowest BCUT2D eigenvalue weighted by atomic mass is 9.96. The fourth-order valence-electron chi connectivity index (χ4n) is 0.591. The lowest BCUT2D eigenvalue weighted by molar-refractivity contribution is -0.147. The number of carboxylic acids is 1. The molecule has 0 radical (unpaired) electrons. The van der Waals surface area contributed by atoms with Crippen LogP contribution in [0.5, 0.6) is 0 Å². The molecule has 11 heavy (non-hydrogen) atoms. The molecule has 0 aliphatic heterocycles. The second-order valence-electron chi connectivity index (χ2n) is 2.21. The third-order valence-corrected chi connectivity index (χ3v) is 1.95. The van der Waals surface area contributed by atoms with Crippen LogP contribution < -0.4 is 5.73 Å². The number of ketones is 1. The number of hydrogen-bond donors (Lipinski definition) is 3. The Kier molecular flexibility index (Phi) is 3.54. The molecule has 1 atom stereocenters. The molecule has 0 saturated carbocycles. The summed E-state index contributed by atoms with van der Waals surface area (Å²) in [5.74, 6) is -1.99. The van der Waals surface area contributed by atoms with E-state index in [1.165, 1.54) is 0 Å². The number of nitrogens with two attached hydrogens (primary N) is 1. The van der Waals surface area contributed by atoms with Crippen molar-refractivity contribution in [1.82, 2.24) is 0 Å². The monoisotopic (exact) mass is 177 g/mol. The Hall–Kier alpha value is -0.550. The predicted molar refractivity (Wildman–Crippen MR) is 43.7 cm³/mol. The first kappa shape index (κ1) is 10.4. The summed E-state index contributed by atoms with van der Waals surface area (Å²) in [5.41, 5.74) is 3.46. The minimum Gasteiger partial charge on any atom is -0.480 e. The second-order valence-corrected chi connectivity index (χ2v) is 2.53. The molecule has 0 aromatic heterocycles. The Labute approximate surface area is 70.2 Å². The molecule has 0 saturated heterocycles. The summed E-state index contributed by atoms with van der Waals surface area (Å²) in [6.07, 6.45) is 0.114. The maximum Gasteiger partial charge on any atom is 0.332 e. The summed E-state index contributed by atoms with van der Waals surface area (Å²) >= 11 is 3.71. The molecule has 0 fully saturated rings. The SMILES string of the molecule is CCC(=O)[C@](N)(CS)C(=O)O. The van der Waals surface area contributed by atoms with Crippen molar-refractivity contribution in [2.75, 3.05) is 5.75 Å². The zero-order valence-electron chi connectivity index (χ0n) is 6.20. The van der Waals surface area contributed by atoms with Crippen molar-refractivity contribution in [3.8, 4) is 0 Å². The normalized spacial score (nSPS) is 15.5. The van der Waals surface area contributed by atoms with Gasteiger partial charge in [0.2, 0.25) is 0 Å². The van der Waals surface area contributed by atoms with Crippen LogP contribution in [-0.4, -0.2) is 28.2 Å².